The summed E-state index contributed by atoms with van der Waals surface area (Å²) in [7, 11) is -2.94. The normalized spacial score (nSPS) is 11.4. The van der Waals surface area contributed by atoms with E-state index < -0.39 is 16.1 Å². The van der Waals surface area contributed by atoms with Crippen LogP contribution in [0.2, 0.25) is 36.3 Å². The van der Waals surface area contributed by atoms with Crippen molar-refractivity contribution in [2.45, 2.75) is 77.8 Å². The fourth-order valence-corrected chi connectivity index (χ4v) is 8.44. The lowest BCUT2D eigenvalue weighted by molar-refractivity contribution is 0.838. The van der Waals surface area contributed by atoms with Gasteiger partial charge in [0.1, 0.15) is 16.1 Å². The van der Waals surface area contributed by atoms with Crippen LogP contribution in [0.15, 0.2) is 0 Å². The highest BCUT2D eigenvalue weighted by Crippen LogP contribution is 2.40. The third-order valence-electron chi connectivity index (χ3n) is 3.77. The predicted molar refractivity (Wildman–Crippen MR) is 97.7 cm³/mol. The molecule has 0 unspecified atom stereocenters. The summed E-state index contributed by atoms with van der Waals surface area (Å²) in [5.41, 5.74) is 8.81. The summed E-state index contributed by atoms with van der Waals surface area (Å²) in [5, 5.41) is 0. The molecule has 0 saturated heterocycles. The van der Waals surface area contributed by atoms with Gasteiger partial charge in [0.15, 0.2) is 0 Å². The molecule has 2 heteroatoms. The zero-order valence-corrected chi connectivity index (χ0v) is 16.7. The summed E-state index contributed by atoms with van der Waals surface area (Å²) in [6.45, 7) is 20.6. The van der Waals surface area contributed by atoms with E-state index in [1.165, 1.54) is 0 Å². The summed E-state index contributed by atoms with van der Waals surface area (Å²) < 4.78 is 0. The molecular formula is C18H30Si2. The van der Waals surface area contributed by atoms with Crippen LogP contribution < -0.4 is 0 Å². The largest absolute Gasteiger partial charge is 0.147 e. The summed E-state index contributed by atoms with van der Waals surface area (Å²) in [5.74, 6) is 11.9. The highest BCUT2D eigenvalue weighted by molar-refractivity contribution is 6.90. The number of rotatable bonds is 3. The zero-order valence-electron chi connectivity index (χ0n) is 14.7. The molecular weight excluding hydrogens is 272 g/mol. The number of hydrogen-bond donors (Lipinski definition) is 0. The fraction of sp³-hybridized carbons (Fsp3) is 0.667. The second-order valence-electron chi connectivity index (χ2n) is 7.40. The van der Waals surface area contributed by atoms with E-state index in [-0.39, 0.29) is 0 Å². The average molecular weight is 303 g/mol. The van der Waals surface area contributed by atoms with Crippen molar-refractivity contribution >= 4 is 16.1 Å². The minimum Gasteiger partial charge on any atom is -0.118 e. The van der Waals surface area contributed by atoms with Gasteiger partial charge in [-0.25, -0.2) is 0 Å². The van der Waals surface area contributed by atoms with E-state index in [4.69, 9.17) is 0 Å². The Hall–Kier alpha value is -0.886. The Bertz CT molecular complexity index is 463. The Morgan fingerprint density at radius 3 is 1.20 bits per heavy atom. The Balaban J connectivity index is 5.29. The van der Waals surface area contributed by atoms with Crippen LogP contribution in [0.25, 0.3) is 0 Å². The third kappa shape index (κ3) is 5.62. The molecule has 0 aromatic heterocycles. The van der Waals surface area contributed by atoms with Gasteiger partial charge in [0.25, 0.3) is 0 Å². The van der Waals surface area contributed by atoms with Crippen LogP contribution in [0.3, 0.4) is 0 Å². The Labute approximate surface area is 129 Å². The van der Waals surface area contributed by atoms with Crippen molar-refractivity contribution in [3.05, 3.63) is 0 Å². The van der Waals surface area contributed by atoms with E-state index in [2.05, 4.69) is 96.0 Å². The van der Waals surface area contributed by atoms with Crippen LogP contribution in [0.5, 0.6) is 0 Å². The summed E-state index contributed by atoms with van der Waals surface area (Å²) in [6.07, 6.45) is 0. The van der Waals surface area contributed by atoms with Gasteiger partial charge in [0.05, 0.1) is 0 Å². The molecule has 0 radical (unpaired) electrons. The molecule has 0 heterocycles. The second-order valence-corrected chi connectivity index (χ2v) is 17.7. The highest BCUT2D eigenvalue weighted by atomic mass is 28.3. The summed E-state index contributed by atoms with van der Waals surface area (Å²) in [4.78, 5) is 0. The Morgan fingerprint density at radius 2 is 0.900 bits per heavy atom. The first-order valence-corrected chi connectivity index (χ1v) is 13.3. The van der Waals surface area contributed by atoms with Crippen molar-refractivity contribution in [2.75, 3.05) is 0 Å². The van der Waals surface area contributed by atoms with Crippen molar-refractivity contribution in [3.63, 3.8) is 0 Å². The SMILES string of the molecule is CC(C)[Si](C#CC#CC#C[Si](C)(C)C)(C(C)C)C(C)C. The highest BCUT2D eigenvalue weighted by Gasteiger charge is 2.41. The molecule has 0 aliphatic heterocycles. The fourth-order valence-electron chi connectivity index (χ4n) is 2.85. The molecule has 110 valence electrons. The van der Waals surface area contributed by atoms with Gasteiger partial charge in [0.2, 0.25) is 0 Å². The molecule has 0 aromatic rings. The van der Waals surface area contributed by atoms with Crippen molar-refractivity contribution in [3.8, 4) is 34.8 Å². The molecule has 0 amide bonds. The molecule has 0 fully saturated rings. The van der Waals surface area contributed by atoms with Crippen LogP contribution in [0.4, 0.5) is 0 Å². The van der Waals surface area contributed by atoms with E-state index >= 15 is 0 Å². The summed E-state index contributed by atoms with van der Waals surface area (Å²) in [6, 6.07) is 0. The molecule has 0 aromatic carbocycles. The smallest absolute Gasteiger partial charge is 0.118 e. The lowest BCUT2D eigenvalue weighted by Gasteiger charge is -2.37. The minimum atomic E-state index is -1.63. The standard InChI is InChI=1S/C18H30Si2/c1-16(2)20(17(3)4,18(5)6)15-13-11-10-12-14-19(7,8)9/h16-18H,1-9H3. The van der Waals surface area contributed by atoms with E-state index in [1.54, 1.807) is 0 Å². The van der Waals surface area contributed by atoms with Gasteiger partial charge in [-0.15, -0.1) is 11.1 Å². The third-order valence-corrected chi connectivity index (χ3v) is 10.9. The van der Waals surface area contributed by atoms with Crippen molar-refractivity contribution in [1.29, 1.82) is 0 Å². The first kappa shape index (κ1) is 19.1. The monoisotopic (exact) mass is 302 g/mol. The number of hydrogen-bond acceptors (Lipinski definition) is 0. The molecule has 20 heavy (non-hydrogen) atoms. The van der Waals surface area contributed by atoms with E-state index in [1.807, 2.05) is 0 Å². The van der Waals surface area contributed by atoms with Crippen LogP contribution in [0, 0.1) is 34.8 Å². The van der Waals surface area contributed by atoms with Gasteiger partial charge in [-0.05, 0) is 40.3 Å². The molecule has 0 aliphatic rings. The zero-order chi connectivity index (χ0) is 16.0. The molecule has 0 spiro atoms. The molecule has 0 bridgehead atoms. The maximum atomic E-state index is 3.59. The lowest BCUT2D eigenvalue weighted by Crippen LogP contribution is -2.43. The van der Waals surface area contributed by atoms with Crippen molar-refractivity contribution in [2.24, 2.45) is 0 Å². The van der Waals surface area contributed by atoms with Gasteiger partial charge in [-0.2, -0.15) is 0 Å². The van der Waals surface area contributed by atoms with Gasteiger partial charge in [-0.1, -0.05) is 61.2 Å². The molecule has 0 nitrogen and oxygen atoms in total. The average Bonchev–Trinajstić information content (AvgIpc) is 2.24. The molecule has 0 saturated carbocycles. The van der Waals surface area contributed by atoms with Crippen LogP contribution in [-0.2, 0) is 0 Å². The Morgan fingerprint density at radius 1 is 0.550 bits per heavy atom. The Kier molecular flexibility index (Phi) is 7.43. The van der Waals surface area contributed by atoms with Crippen molar-refractivity contribution in [1.82, 2.24) is 0 Å². The molecule has 0 rings (SSSR count). The van der Waals surface area contributed by atoms with Crippen LogP contribution in [0.1, 0.15) is 41.5 Å². The summed E-state index contributed by atoms with van der Waals surface area (Å²) >= 11 is 0. The van der Waals surface area contributed by atoms with Gasteiger partial charge in [-0.3, -0.25) is 0 Å². The maximum Gasteiger partial charge on any atom is 0.147 e. The van der Waals surface area contributed by atoms with Gasteiger partial charge >= 0.3 is 0 Å². The quantitative estimate of drug-likeness (QED) is 0.503. The first-order chi connectivity index (χ1) is 9.04. The second kappa shape index (κ2) is 7.78. The van der Waals surface area contributed by atoms with E-state index in [9.17, 15) is 0 Å². The van der Waals surface area contributed by atoms with Gasteiger partial charge < -0.3 is 0 Å². The molecule has 0 atom stereocenters. The molecule has 0 aliphatic carbocycles. The van der Waals surface area contributed by atoms with E-state index in [0.717, 1.165) is 0 Å². The van der Waals surface area contributed by atoms with Crippen LogP contribution >= 0.6 is 0 Å². The van der Waals surface area contributed by atoms with E-state index in [0.29, 0.717) is 16.6 Å². The van der Waals surface area contributed by atoms with Crippen molar-refractivity contribution < 1.29 is 0 Å². The maximum absolute atomic E-state index is 3.59. The van der Waals surface area contributed by atoms with Gasteiger partial charge in [0, 0.05) is 0 Å². The lowest BCUT2D eigenvalue weighted by atomic mass is 10.5. The molecule has 0 N–H and O–H groups in total. The minimum absolute atomic E-state index is 0.657. The van der Waals surface area contributed by atoms with Crippen LogP contribution in [-0.4, -0.2) is 16.1 Å². The topological polar surface area (TPSA) is 0 Å². The first-order valence-electron chi connectivity index (χ1n) is 7.58. The predicted octanol–water partition coefficient (Wildman–Crippen LogP) is 5.09.